The zero-order valence-corrected chi connectivity index (χ0v) is 29.2. The van der Waals surface area contributed by atoms with Gasteiger partial charge in [0.15, 0.2) is 0 Å². The summed E-state index contributed by atoms with van der Waals surface area (Å²) in [5.74, 6) is -0.420. The standard InChI is InChI=1S/C17H13N3O2.C17H14N2.F6P.Os/c1-22-17(21)12-10-15(13-6-2-4-8-18-13)20-16(11-12)14-7-3-5-9-19-14;1-13-10-14(16-6-2-4-8-18-16)12-15(11-13)17-7-3-5-9-19-17;1-7(2,3,4,5)6;/h2-11H,1H3;2-12H,1H3;;/q;;-1;. The maximum atomic E-state index is 11.9. The van der Waals surface area contributed by atoms with E-state index in [0.717, 1.165) is 22.5 Å². The quantitative estimate of drug-likeness (QED) is 0.0968. The number of nitrogens with zero attached hydrogens (tertiary/aromatic N) is 5. The number of rotatable bonds is 5. The van der Waals surface area contributed by atoms with Gasteiger partial charge in [0.2, 0.25) is 0 Å². The summed E-state index contributed by atoms with van der Waals surface area (Å²) in [5.41, 5.74) is 8.43. The van der Waals surface area contributed by atoms with Crippen LogP contribution in [0.3, 0.4) is 0 Å². The fourth-order valence-electron chi connectivity index (χ4n) is 4.20. The van der Waals surface area contributed by atoms with E-state index in [9.17, 15) is 30.0 Å². The normalized spacial score (nSPS) is 11.9. The van der Waals surface area contributed by atoms with Gasteiger partial charge in [0.1, 0.15) is 0 Å². The van der Waals surface area contributed by atoms with Gasteiger partial charge in [-0.25, -0.2) is 9.78 Å². The average Bonchev–Trinajstić information content (AvgIpc) is 3.08. The molecular weight excluding hydrogens is 846 g/mol. The van der Waals surface area contributed by atoms with E-state index in [1.165, 1.54) is 12.7 Å². The molecule has 0 fully saturated rings. The van der Waals surface area contributed by atoms with Crippen molar-refractivity contribution in [1.29, 1.82) is 0 Å². The number of hydrogen-bond acceptors (Lipinski definition) is 7. The van der Waals surface area contributed by atoms with Crippen LogP contribution in [-0.4, -0.2) is 38.0 Å². The van der Waals surface area contributed by atoms with Crippen LogP contribution >= 0.6 is 7.81 Å². The van der Waals surface area contributed by atoms with E-state index in [2.05, 4.69) is 50.0 Å². The van der Waals surface area contributed by atoms with E-state index in [1.807, 2.05) is 85.2 Å². The third-order valence-electron chi connectivity index (χ3n) is 6.10. The summed E-state index contributed by atoms with van der Waals surface area (Å²) in [6, 6.07) is 32.8. The van der Waals surface area contributed by atoms with Crippen LogP contribution in [0, 0.1) is 6.92 Å². The third kappa shape index (κ3) is 13.6. The summed E-state index contributed by atoms with van der Waals surface area (Å²) < 4.78 is 64.0. The Bertz CT molecular complexity index is 1850. The van der Waals surface area contributed by atoms with Crippen molar-refractivity contribution >= 4 is 13.8 Å². The predicted molar refractivity (Wildman–Crippen MR) is 173 cm³/mol. The second-order valence-corrected chi connectivity index (χ2v) is 11.9. The number of pyridine rings is 5. The number of ether oxygens (including phenoxy) is 1. The molecule has 6 rings (SSSR count). The van der Waals surface area contributed by atoms with Gasteiger partial charge >= 0.3 is 39.0 Å². The molecule has 5 aromatic heterocycles. The van der Waals surface area contributed by atoms with Crippen molar-refractivity contribution in [3.8, 4) is 45.3 Å². The van der Waals surface area contributed by atoms with Crippen molar-refractivity contribution in [3.05, 3.63) is 139 Å². The van der Waals surface area contributed by atoms with Gasteiger partial charge < -0.3 is 4.74 Å². The smallest absolute Gasteiger partial charge is 0 e. The molecule has 49 heavy (non-hydrogen) atoms. The Morgan fingerprint density at radius 2 is 0.898 bits per heavy atom. The molecule has 1 aromatic carbocycles. The van der Waals surface area contributed by atoms with Crippen LogP contribution in [0.2, 0.25) is 0 Å². The van der Waals surface area contributed by atoms with Crippen LogP contribution in [0.15, 0.2) is 128 Å². The van der Waals surface area contributed by atoms with E-state index in [4.69, 9.17) is 4.74 Å². The Labute approximate surface area is 290 Å². The van der Waals surface area contributed by atoms with Crippen molar-refractivity contribution < 1.29 is 54.5 Å². The Hall–Kier alpha value is -4.91. The number of carbonyl (C=O) groups excluding carboxylic acids is 1. The van der Waals surface area contributed by atoms with E-state index in [0.29, 0.717) is 28.3 Å². The number of halogens is 6. The molecule has 7 nitrogen and oxygen atoms in total. The maximum Gasteiger partial charge on any atom is 0 e. The first kappa shape index (κ1) is 38.5. The predicted octanol–water partition coefficient (Wildman–Crippen LogP) is 10.5. The molecule has 15 heteroatoms. The van der Waals surface area contributed by atoms with Gasteiger partial charge in [0.25, 0.3) is 0 Å². The van der Waals surface area contributed by atoms with Crippen molar-refractivity contribution in [1.82, 2.24) is 24.9 Å². The fraction of sp³-hybridized carbons (Fsp3) is 0.0588. The number of benzene rings is 1. The molecule has 256 valence electrons. The van der Waals surface area contributed by atoms with Gasteiger partial charge in [-0.15, -0.1) is 0 Å². The van der Waals surface area contributed by atoms with Crippen LogP contribution in [0.25, 0.3) is 45.3 Å². The van der Waals surface area contributed by atoms with Gasteiger partial charge in [-0.05, 0) is 91.3 Å². The molecule has 0 aliphatic rings. The van der Waals surface area contributed by atoms with Gasteiger partial charge in [-0.1, -0.05) is 24.3 Å². The molecule has 0 saturated carbocycles. The van der Waals surface area contributed by atoms with E-state index in [1.54, 1.807) is 24.5 Å². The van der Waals surface area contributed by atoms with Crippen molar-refractivity contribution in [2.75, 3.05) is 7.11 Å². The summed E-state index contributed by atoms with van der Waals surface area (Å²) in [6.45, 7) is 2.10. The van der Waals surface area contributed by atoms with Crippen LogP contribution in [-0.2, 0) is 24.5 Å². The number of aromatic nitrogens is 5. The maximum absolute atomic E-state index is 11.9. The monoisotopic (exact) mass is 874 g/mol. The average molecular weight is 873 g/mol. The minimum Gasteiger partial charge on any atom is 0 e. The molecule has 0 amide bonds. The first-order valence-electron chi connectivity index (χ1n) is 14.0. The zero-order chi connectivity index (χ0) is 34.9. The largest absolute Gasteiger partial charge is 0 e. The first-order chi connectivity index (χ1) is 22.6. The molecule has 0 aliphatic heterocycles. The van der Waals surface area contributed by atoms with Crippen molar-refractivity contribution in [2.24, 2.45) is 0 Å². The molecule has 0 N–H and O–H groups in total. The SMILES string of the molecule is COC(=O)c1cc(-c2ccccn2)nc(-c2ccccn2)c1.Cc1cc(-c2ccccn2)cc(-c2ccccn2)c1.F[P-](F)(F)(F)(F)F.[Os]. The molecule has 5 heterocycles. The van der Waals surface area contributed by atoms with E-state index >= 15 is 0 Å². The number of hydrogen-bond donors (Lipinski definition) is 0. The summed E-state index contributed by atoms with van der Waals surface area (Å²) >= 11 is 0. The molecule has 0 aliphatic carbocycles. The van der Waals surface area contributed by atoms with Gasteiger partial charge in [0.05, 0.1) is 46.8 Å². The number of aryl methyl sites for hydroxylation is 1. The molecule has 0 spiro atoms. The molecule has 0 atom stereocenters. The van der Waals surface area contributed by atoms with Gasteiger partial charge in [-0.2, -0.15) is 0 Å². The second-order valence-electron chi connectivity index (χ2n) is 10.0. The fourth-order valence-corrected chi connectivity index (χ4v) is 4.20. The minimum atomic E-state index is -10.7. The Kier molecular flexibility index (Phi) is 12.2. The number of carbonyl (C=O) groups is 1. The summed E-state index contributed by atoms with van der Waals surface area (Å²) in [6.07, 6.45) is 7.00. The molecule has 0 radical (unpaired) electrons. The first-order valence-corrected chi connectivity index (χ1v) is 16.0. The van der Waals surface area contributed by atoms with Crippen LogP contribution < -0.4 is 0 Å². The Morgan fingerprint density at radius 3 is 1.20 bits per heavy atom. The number of methoxy groups -OCH3 is 1. The van der Waals surface area contributed by atoms with Crippen molar-refractivity contribution in [3.63, 3.8) is 0 Å². The van der Waals surface area contributed by atoms with Gasteiger partial charge in [0, 0.05) is 55.7 Å². The molecule has 0 saturated heterocycles. The van der Waals surface area contributed by atoms with Gasteiger partial charge in [-0.3, -0.25) is 19.9 Å². The second kappa shape index (κ2) is 15.5. The van der Waals surface area contributed by atoms with E-state index in [-0.39, 0.29) is 19.8 Å². The topological polar surface area (TPSA) is 90.8 Å². The van der Waals surface area contributed by atoms with Crippen LogP contribution in [0.1, 0.15) is 15.9 Å². The van der Waals surface area contributed by atoms with E-state index < -0.39 is 13.8 Å². The molecular formula is C34H27F6N5O2OsP-. The van der Waals surface area contributed by atoms with Crippen LogP contribution in [0.5, 0.6) is 0 Å². The van der Waals surface area contributed by atoms with Crippen LogP contribution in [0.4, 0.5) is 25.2 Å². The van der Waals surface area contributed by atoms with Crippen molar-refractivity contribution in [2.45, 2.75) is 6.92 Å². The summed E-state index contributed by atoms with van der Waals surface area (Å²) in [7, 11) is -9.31. The molecule has 0 bridgehead atoms. The Balaban J connectivity index is 0.000000221. The number of esters is 1. The minimum absolute atomic E-state index is 0. The molecule has 6 aromatic rings. The third-order valence-corrected chi connectivity index (χ3v) is 6.10. The summed E-state index contributed by atoms with van der Waals surface area (Å²) in [5, 5.41) is 0. The molecule has 0 unspecified atom stereocenters. The zero-order valence-electron chi connectivity index (χ0n) is 25.7. The summed E-state index contributed by atoms with van der Waals surface area (Å²) in [4.78, 5) is 33.8. The Morgan fingerprint density at radius 1 is 0.551 bits per heavy atom.